The van der Waals surface area contributed by atoms with Crippen LogP contribution in [-0.2, 0) is 0 Å². The predicted octanol–water partition coefficient (Wildman–Crippen LogP) is 3.49. The molecule has 0 fully saturated rings. The zero-order valence-electron chi connectivity index (χ0n) is 11.6. The fourth-order valence-corrected chi connectivity index (χ4v) is 5.29. The summed E-state index contributed by atoms with van der Waals surface area (Å²) in [4.78, 5) is 0. The molecule has 0 spiro atoms. The zero-order chi connectivity index (χ0) is 13.8. The maximum absolute atomic E-state index is 2.28. The van der Waals surface area contributed by atoms with Crippen molar-refractivity contribution in [3.63, 3.8) is 0 Å². The Hall–Kier alpha value is -1.91. The van der Waals surface area contributed by atoms with Gasteiger partial charge in [-0.1, -0.05) is 54.6 Å². The molecule has 0 radical (unpaired) electrons. The van der Waals surface area contributed by atoms with E-state index in [2.05, 4.69) is 91.9 Å². The molecule has 1 heteroatoms. The first-order valence-corrected chi connectivity index (χ1v) is 8.40. The average Bonchev–Trinajstić information content (AvgIpc) is 2.52. The minimum Gasteiger partial charge on any atom is -0.0620 e. The van der Waals surface area contributed by atoms with Gasteiger partial charge < -0.3 is 0 Å². The smallest absolute Gasteiger partial charge is 0.0620 e. The molecule has 0 heterocycles. The second-order valence-electron chi connectivity index (χ2n) is 4.92. The highest BCUT2D eigenvalue weighted by Gasteiger charge is 2.26. The second-order valence-corrected chi connectivity index (χ2v) is 7.37. The van der Waals surface area contributed by atoms with E-state index < -0.39 is 7.92 Å². The molecule has 98 valence electrons. The molecule has 3 aromatic rings. The van der Waals surface area contributed by atoms with E-state index in [1.54, 1.807) is 0 Å². The topological polar surface area (TPSA) is 0 Å². The molecule has 20 heavy (non-hydrogen) atoms. The van der Waals surface area contributed by atoms with Crippen LogP contribution in [-0.4, -0.2) is 0 Å². The van der Waals surface area contributed by atoms with Crippen molar-refractivity contribution in [2.75, 3.05) is 0 Å². The van der Waals surface area contributed by atoms with Gasteiger partial charge >= 0.3 is 0 Å². The first-order valence-electron chi connectivity index (χ1n) is 6.90. The first kappa shape index (κ1) is 13.1. The molecule has 0 N–H and O–H groups in total. The van der Waals surface area contributed by atoms with Crippen molar-refractivity contribution >= 4 is 23.8 Å². The molecule has 0 bridgehead atoms. The molecule has 0 unspecified atom stereocenters. The molecule has 0 aliphatic heterocycles. The summed E-state index contributed by atoms with van der Waals surface area (Å²) in [6.45, 7) is 2.21. The van der Waals surface area contributed by atoms with E-state index in [0.29, 0.717) is 0 Å². The van der Waals surface area contributed by atoms with E-state index in [-0.39, 0.29) is 0 Å². The minimum atomic E-state index is -0.907. The Morgan fingerprint density at radius 3 is 1.50 bits per heavy atom. The number of aryl methyl sites for hydroxylation is 1. The van der Waals surface area contributed by atoms with Crippen LogP contribution in [0.15, 0.2) is 84.9 Å². The molecule has 0 nitrogen and oxygen atoms in total. The summed E-state index contributed by atoms with van der Waals surface area (Å²) in [7, 11) is -0.907. The van der Waals surface area contributed by atoms with Crippen LogP contribution in [0.4, 0.5) is 0 Å². The minimum absolute atomic E-state index is 0.907. The van der Waals surface area contributed by atoms with E-state index in [9.17, 15) is 0 Å². The third-order valence-corrected chi connectivity index (χ3v) is 6.46. The lowest BCUT2D eigenvalue weighted by Crippen LogP contribution is -2.22. The van der Waals surface area contributed by atoms with Gasteiger partial charge in [0.1, 0.15) is 15.9 Å². The lowest BCUT2D eigenvalue weighted by Gasteiger charge is -2.12. The van der Waals surface area contributed by atoms with Crippen LogP contribution in [0.5, 0.6) is 0 Å². The van der Waals surface area contributed by atoms with Crippen molar-refractivity contribution in [1.82, 2.24) is 0 Å². The van der Waals surface area contributed by atoms with Crippen molar-refractivity contribution in [1.29, 1.82) is 0 Å². The number of hydrogen-bond donors (Lipinski definition) is 0. The molecule has 0 atom stereocenters. The standard InChI is InChI=1S/C19H17P/c1-16-10-8-9-15-19(16)20(17-11-4-2-5-12-17)18-13-6-3-7-14-18/h2-15H,1H3/p+1. The fraction of sp³-hybridized carbons (Fsp3) is 0.0526. The second kappa shape index (κ2) is 6.03. The predicted molar refractivity (Wildman–Crippen MR) is 91.3 cm³/mol. The molecule has 0 saturated heterocycles. The van der Waals surface area contributed by atoms with Crippen LogP contribution in [0, 0.1) is 6.92 Å². The third-order valence-electron chi connectivity index (χ3n) is 3.54. The van der Waals surface area contributed by atoms with Gasteiger partial charge in [-0.05, 0) is 42.8 Å². The zero-order valence-corrected chi connectivity index (χ0v) is 12.6. The molecule has 0 aromatic heterocycles. The Morgan fingerprint density at radius 2 is 1.00 bits per heavy atom. The van der Waals surface area contributed by atoms with E-state index in [1.165, 1.54) is 21.5 Å². The van der Waals surface area contributed by atoms with Crippen LogP contribution >= 0.6 is 7.92 Å². The molecule has 0 aliphatic carbocycles. The van der Waals surface area contributed by atoms with Crippen molar-refractivity contribution in [3.05, 3.63) is 90.5 Å². The number of hydrogen-bond acceptors (Lipinski definition) is 0. The van der Waals surface area contributed by atoms with E-state index in [4.69, 9.17) is 0 Å². The van der Waals surface area contributed by atoms with Gasteiger partial charge in [0, 0.05) is 0 Å². The normalized spacial score (nSPS) is 10.7. The largest absolute Gasteiger partial charge is 0.105 e. The highest BCUT2D eigenvalue weighted by molar-refractivity contribution is 7.79. The average molecular weight is 277 g/mol. The maximum atomic E-state index is 2.28. The van der Waals surface area contributed by atoms with Crippen LogP contribution < -0.4 is 15.9 Å². The van der Waals surface area contributed by atoms with Gasteiger partial charge in [-0.3, -0.25) is 0 Å². The van der Waals surface area contributed by atoms with Crippen molar-refractivity contribution in [3.8, 4) is 0 Å². The Kier molecular flexibility index (Phi) is 3.95. The summed E-state index contributed by atoms with van der Waals surface area (Å²) in [6.07, 6.45) is 0. The van der Waals surface area contributed by atoms with Gasteiger partial charge in [0.15, 0.2) is 0 Å². The summed E-state index contributed by atoms with van der Waals surface area (Å²) in [5, 5.41) is 4.37. The van der Waals surface area contributed by atoms with Crippen molar-refractivity contribution in [2.24, 2.45) is 0 Å². The monoisotopic (exact) mass is 277 g/mol. The summed E-state index contributed by atoms with van der Waals surface area (Å²) < 4.78 is 0. The van der Waals surface area contributed by atoms with Crippen LogP contribution in [0.2, 0.25) is 0 Å². The van der Waals surface area contributed by atoms with Crippen LogP contribution in [0.1, 0.15) is 5.56 Å². The third kappa shape index (κ3) is 2.66. The van der Waals surface area contributed by atoms with E-state index >= 15 is 0 Å². The Labute approximate surface area is 121 Å². The fourth-order valence-electron chi connectivity index (χ4n) is 2.54. The molecular formula is C19H18P+. The van der Waals surface area contributed by atoms with Crippen molar-refractivity contribution < 1.29 is 0 Å². The number of benzene rings is 3. The first-order chi connectivity index (χ1) is 9.86. The van der Waals surface area contributed by atoms with Crippen LogP contribution in [0.25, 0.3) is 0 Å². The molecule has 3 rings (SSSR count). The quantitative estimate of drug-likeness (QED) is 0.643. The van der Waals surface area contributed by atoms with Gasteiger partial charge in [-0.25, -0.2) is 0 Å². The Bertz CT molecular complexity index is 635. The summed E-state index contributed by atoms with van der Waals surface area (Å²) >= 11 is 0. The highest BCUT2D eigenvalue weighted by atomic mass is 31.1. The molecule has 3 aromatic carbocycles. The highest BCUT2D eigenvalue weighted by Crippen LogP contribution is 2.33. The molecule has 0 amide bonds. The SMILES string of the molecule is Cc1ccccc1[PH+](c1ccccc1)c1ccccc1. The van der Waals surface area contributed by atoms with Crippen LogP contribution in [0.3, 0.4) is 0 Å². The van der Waals surface area contributed by atoms with Gasteiger partial charge in [-0.15, -0.1) is 0 Å². The van der Waals surface area contributed by atoms with E-state index in [1.807, 2.05) is 0 Å². The van der Waals surface area contributed by atoms with Gasteiger partial charge in [0.25, 0.3) is 0 Å². The van der Waals surface area contributed by atoms with Gasteiger partial charge in [0.2, 0.25) is 0 Å². The van der Waals surface area contributed by atoms with E-state index in [0.717, 1.165) is 0 Å². The molecular weight excluding hydrogens is 259 g/mol. The van der Waals surface area contributed by atoms with Gasteiger partial charge in [-0.2, -0.15) is 0 Å². The summed E-state index contributed by atoms with van der Waals surface area (Å²) in [5.41, 5.74) is 1.38. The van der Waals surface area contributed by atoms with Gasteiger partial charge in [0.05, 0.1) is 7.92 Å². The lowest BCUT2D eigenvalue weighted by atomic mass is 10.2. The summed E-state index contributed by atoms with van der Waals surface area (Å²) in [6, 6.07) is 30.5. The molecule has 0 aliphatic rings. The number of rotatable bonds is 3. The Morgan fingerprint density at radius 1 is 0.550 bits per heavy atom. The maximum Gasteiger partial charge on any atom is 0.105 e. The summed E-state index contributed by atoms with van der Waals surface area (Å²) in [5.74, 6) is 0. The Balaban J connectivity index is 2.17. The molecule has 0 saturated carbocycles. The lowest BCUT2D eigenvalue weighted by molar-refractivity contribution is 1.52. The van der Waals surface area contributed by atoms with Crippen molar-refractivity contribution in [2.45, 2.75) is 6.92 Å².